The molecule has 0 saturated heterocycles. The normalized spacial score (nSPS) is 11.3. The Morgan fingerprint density at radius 3 is 2.47 bits per heavy atom. The molecule has 0 aliphatic carbocycles. The smallest absolute Gasteiger partial charge is 0.311 e. The lowest BCUT2D eigenvalue weighted by Gasteiger charge is -2.12. The molecule has 19 heavy (non-hydrogen) atoms. The Hall–Kier alpha value is -1.74. The largest absolute Gasteiger partial charge is 0.493 e. The first-order valence-electron chi connectivity index (χ1n) is 5.51. The number of hydrogen-bond donors (Lipinski definition) is 0. The van der Waals surface area contributed by atoms with Gasteiger partial charge in [0.05, 0.1) is 20.6 Å². The topological polar surface area (TPSA) is 68.5 Å². The van der Waals surface area contributed by atoms with Gasteiger partial charge in [-0.15, -0.1) is 0 Å². The fourth-order valence-electron chi connectivity index (χ4n) is 1.45. The summed E-state index contributed by atoms with van der Waals surface area (Å²) < 4.78 is 15.9. The number of nitriles is 1. The average molecular weight is 328 g/mol. The monoisotopic (exact) mass is 327 g/mol. The van der Waals surface area contributed by atoms with Crippen LogP contribution in [0.4, 0.5) is 0 Å². The van der Waals surface area contributed by atoms with Crippen molar-refractivity contribution in [2.45, 2.75) is 19.4 Å². The first-order valence-corrected chi connectivity index (χ1v) is 6.30. The number of ether oxygens (including phenoxy) is 3. The molecule has 0 N–H and O–H groups in total. The highest BCUT2D eigenvalue weighted by Crippen LogP contribution is 2.33. The molecule has 0 radical (unpaired) electrons. The first-order chi connectivity index (χ1) is 9.01. The van der Waals surface area contributed by atoms with Gasteiger partial charge in [-0.25, -0.2) is 0 Å². The average Bonchev–Trinajstić information content (AvgIpc) is 2.40. The van der Waals surface area contributed by atoms with Crippen molar-refractivity contribution in [2.75, 3.05) is 14.2 Å². The Kier molecular flexibility index (Phi) is 5.64. The molecule has 1 atom stereocenters. The highest BCUT2D eigenvalue weighted by molar-refractivity contribution is 9.10. The molecule has 1 aromatic carbocycles. The van der Waals surface area contributed by atoms with Crippen LogP contribution in [-0.2, 0) is 16.0 Å². The minimum absolute atomic E-state index is 0.0486. The maximum absolute atomic E-state index is 11.6. The molecule has 5 nitrogen and oxygen atoms in total. The van der Waals surface area contributed by atoms with Gasteiger partial charge in [0.2, 0.25) is 0 Å². The molecule has 0 aliphatic heterocycles. The van der Waals surface area contributed by atoms with Crippen molar-refractivity contribution in [3.8, 4) is 17.6 Å². The molecule has 6 heteroatoms. The van der Waals surface area contributed by atoms with Crippen LogP contribution >= 0.6 is 15.9 Å². The molecule has 0 aromatic heterocycles. The second-order valence-corrected chi connectivity index (χ2v) is 4.59. The summed E-state index contributed by atoms with van der Waals surface area (Å²) in [5.74, 6) is 0.626. The van der Waals surface area contributed by atoms with Crippen LogP contribution in [0.3, 0.4) is 0 Å². The number of hydrogen-bond acceptors (Lipinski definition) is 5. The molecular weight excluding hydrogens is 314 g/mol. The molecule has 1 aromatic rings. The van der Waals surface area contributed by atoms with Gasteiger partial charge in [0.25, 0.3) is 0 Å². The molecule has 0 amide bonds. The standard InChI is InChI=1S/C13H14BrNO4/c1-8(7-15)19-13(16)5-9-4-11(17-2)12(18-3)6-10(9)14/h4,6,8H,5H2,1-3H3/t8-/m1/s1. The molecule has 0 heterocycles. The third-order valence-electron chi connectivity index (χ3n) is 2.38. The summed E-state index contributed by atoms with van der Waals surface area (Å²) in [5.41, 5.74) is 0.702. The summed E-state index contributed by atoms with van der Waals surface area (Å²) in [4.78, 5) is 11.6. The molecule has 0 aliphatic rings. The van der Waals surface area contributed by atoms with Crippen molar-refractivity contribution in [1.82, 2.24) is 0 Å². The second kappa shape index (κ2) is 7.00. The highest BCUT2D eigenvalue weighted by Gasteiger charge is 2.15. The Morgan fingerprint density at radius 2 is 1.95 bits per heavy atom. The van der Waals surface area contributed by atoms with Gasteiger partial charge in [0, 0.05) is 4.47 Å². The summed E-state index contributed by atoms with van der Waals surface area (Å²) >= 11 is 3.35. The molecule has 0 fully saturated rings. The third-order valence-corrected chi connectivity index (χ3v) is 3.12. The van der Waals surface area contributed by atoms with Crippen LogP contribution < -0.4 is 9.47 Å². The number of esters is 1. The molecule has 1 rings (SSSR count). The van der Waals surface area contributed by atoms with Crippen LogP contribution in [0.2, 0.25) is 0 Å². The van der Waals surface area contributed by atoms with Crippen LogP contribution in [0.25, 0.3) is 0 Å². The summed E-state index contributed by atoms with van der Waals surface area (Å²) in [6.07, 6.45) is -0.709. The molecule has 102 valence electrons. The van der Waals surface area contributed by atoms with E-state index in [2.05, 4.69) is 15.9 Å². The molecular formula is C13H14BrNO4. The maximum atomic E-state index is 11.6. The van der Waals surface area contributed by atoms with Gasteiger partial charge in [-0.2, -0.15) is 5.26 Å². The van der Waals surface area contributed by atoms with Crippen molar-refractivity contribution >= 4 is 21.9 Å². The van der Waals surface area contributed by atoms with E-state index in [-0.39, 0.29) is 6.42 Å². The van der Waals surface area contributed by atoms with Crippen LogP contribution in [0.1, 0.15) is 12.5 Å². The summed E-state index contributed by atoms with van der Waals surface area (Å²) in [6.45, 7) is 1.52. The summed E-state index contributed by atoms with van der Waals surface area (Å²) in [7, 11) is 3.05. The fourth-order valence-corrected chi connectivity index (χ4v) is 1.91. The zero-order chi connectivity index (χ0) is 14.4. The molecule has 0 saturated carbocycles. The zero-order valence-corrected chi connectivity index (χ0v) is 12.5. The zero-order valence-electron chi connectivity index (χ0n) is 10.9. The van der Waals surface area contributed by atoms with E-state index in [9.17, 15) is 4.79 Å². The highest BCUT2D eigenvalue weighted by atomic mass is 79.9. The minimum atomic E-state index is -0.758. The predicted octanol–water partition coefficient (Wildman–Crippen LogP) is 2.46. The van der Waals surface area contributed by atoms with Gasteiger partial charge < -0.3 is 14.2 Å². The third kappa shape index (κ3) is 4.14. The summed E-state index contributed by atoms with van der Waals surface area (Å²) in [6, 6.07) is 5.25. The number of carbonyl (C=O) groups is 1. The number of nitrogens with zero attached hydrogens (tertiary/aromatic N) is 1. The van der Waals surface area contributed by atoms with Gasteiger partial charge in [-0.3, -0.25) is 4.79 Å². The van der Waals surface area contributed by atoms with Gasteiger partial charge in [0.15, 0.2) is 17.6 Å². The van der Waals surface area contributed by atoms with E-state index in [1.54, 1.807) is 12.1 Å². The minimum Gasteiger partial charge on any atom is -0.493 e. The number of methoxy groups -OCH3 is 2. The van der Waals surface area contributed by atoms with E-state index < -0.39 is 12.1 Å². The predicted molar refractivity (Wildman–Crippen MR) is 72.1 cm³/mol. The molecule has 0 bridgehead atoms. The van der Waals surface area contributed by atoms with E-state index in [0.29, 0.717) is 21.5 Å². The van der Waals surface area contributed by atoms with Gasteiger partial charge in [-0.1, -0.05) is 15.9 Å². The maximum Gasteiger partial charge on any atom is 0.311 e. The van der Waals surface area contributed by atoms with Crippen LogP contribution in [0.15, 0.2) is 16.6 Å². The van der Waals surface area contributed by atoms with Crippen molar-refractivity contribution in [2.24, 2.45) is 0 Å². The van der Waals surface area contributed by atoms with Crippen molar-refractivity contribution in [3.63, 3.8) is 0 Å². The first kappa shape index (κ1) is 15.3. The Morgan fingerprint density at radius 1 is 1.37 bits per heavy atom. The van der Waals surface area contributed by atoms with Crippen molar-refractivity contribution in [3.05, 3.63) is 22.2 Å². The van der Waals surface area contributed by atoms with Crippen LogP contribution in [-0.4, -0.2) is 26.3 Å². The van der Waals surface area contributed by atoms with Gasteiger partial charge in [-0.05, 0) is 24.6 Å². The van der Waals surface area contributed by atoms with Crippen molar-refractivity contribution in [1.29, 1.82) is 5.26 Å². The number of carbonyl (C=O) groups excluding carboxylic acids is 1. The number of rotatable bonds is 5. The Labute approximate surface area is 120 Å². The van der Waals surface area contributed by atoms with Gasteiger partial charge >= 0.3 is 5.97 Å². The summed E-state index contributed by atoms with van der Waals surface area (Å²) in [5, 5.41) is 8.58. The van der Waals surface area contributed by atoms with E-state index >= 15 is 0 Å². The Balaban J connectivity index is 2.90. The van der Waals surface area contributed by atoms with E-state index in [0.717, 1.165) is 0 Å². The molecule has 0 spiro atoms. The fraction of sp³-hybridized carbons (Fsp3) is 0.385. The SMILES string of the molecule is COc1cc(Br)c(CC(=O)O[C@H](C)C#N)cc1OC. The van der Waals surface area contributed by atoms with Crippen LogP contribution in [0.5, 0.6) is 11.5 Å². The number of halogens is 1. The lowest BCUT2D eigenvalue weighted by molar-refractivity contribution is -0.145. The quantitative estimate of drug-likeness (QED) is 0.777. The Bertz CT molecular complexity index is 510. The lowest BCUT2D eigenvalue weighted by Crippen LogP contribution is -2.15. The van der Waals surface area contributed by atoms with Gasteiger partial charge in [0.1, 0.15) is 6.07 Å². The lowest BCUT2D eigenvalue weighted by atomic mass is 10.1. The van der Waals surface area contributed by atoms with E-state index in [1.165, 1.54) is 21.1 Å². The second-order valence-electron chi connectivity index (χ2n) is 3.74. The van der Waals surface area contributed by atoms with E-state index in [4.69, 9.17) is 19.5 Å². The molecule has 0 unspecified atom stereocenters. The van der Waals surface area contributed by atoms with E-state index in [1.807, 2.05) is 6.07 Å². The number of benzene rings is 1. The van der Waals surface area contributed by atoms with Crippen molar-refractivity contribution < 1.29 is 19.0 Å². The van der Waals surface area contributed by atoms with Crippen LogP contribution in [0, 0.1) is 11.3 Å².